The number of hydrogen-bond donors (Lipinski definition) is 1. The summed E-state index contributed by atoms with van der Waals surface area (Å²) in [6.07, 6.45) is 2.54. The summed E-state index contributed by atoms with van der Waals surface area (Å²) < 4.78 is 0. The van der Waals surface area contributed by atoms with Crippen molar-refractivity contribution >= 4 is 0 Å². The summed E-state index contributed by atoms with van der Waals surface area (Å²) >= 11 is 0. The summed E-state index contributed by atoms with van der Waals surface area (Å²) in [4.78, 5) is 4.92. The van der Waals surface area contributed by atoms with Gasteiger partial charge in [-0.1, -0.05) is 0 Å². The molecule has 3 nitrogen and oxygen atoms in total. The molecule has 2 aliphatic heterocycles. The van der Waals surface area contributed by atoms with Gasteiger partial charge in [-0.2, -0.15) is 0 Å². The highest BCUT2D eigenvalue weighted by atomic mass is 16.3. The first kappa shape index (κ1) is 10.4. The van der Waals surface area contributed by atoms with E-state index < -0.39 is 0 Å². The Morgan fingerprint density at radius 2 is 2.00 bits per heavy atom. The lowest BCUT2D eigenvalue weighted by molar-refractivity contribution is 0.0468. The molecule has 2 saturated heterocycles. The molecule has 2 atom stereocenters. The number of hydrogen-bond acceptors (Lipinski definition) is 3. The highest BCUT2D eigenvalue weighted by Crippen LogP contribution is 2.24. The molecule has 2 unspecified atom stereocenters. The maximum absolute atomic E-state index is 9.31. The van der Waals surface area contributed by atoms with Crippen molar-refractivity contribution in [2.24, 2.45) is 11.8 Å². The van der Waals surface area contributed by atoms with Crippen LogP contribution in [0.2, 0.25) is 0 Å². The zero-order chi connectivity index (χ0) is 9.97. The van der Waals surface area contributed by atoms with E-state index in [0.29, 0.717) is 18.4 Å². The second-order valence-electron chi connectivity index (χ2n) is 4.91. The Labute approximate surface area is 86.7 Å². The molecule has 0 bridgehead atoms. The molecule has 82 valence electrons. The quantitative estimate of drug-likeness (QED) is 0.704. The van der Waals surface area contributed by atoms with Crippen molar-refractivity contribution in [3.63, 3.8) is 0 Å². The highest BCUT2D eigenvalue weighted by Gasteiger charge is 2.29. The molecule has 3 heteroatoms. The van der Waals surface area contributed by atoms with Crippen LogP contribution in [0, 0.1) is 11.8 Å². The van der Waals surface area contributed by atoms with Crippen LogP contribution in [0.3, 0.4) is 0 Å². The third-order valence-corrected chi connectivity index (χ3v) is 3.77. The van der Waals surface area contributed by atoms with Gasteiger partial charge in [0.2, 0.25) is 0 Å². The van der Waals surface area contributed by atoms with Crippen LogP contribution in [0.1, 0.15) is 12.8 Å². The Hall–Kier alpha value is -0.120. The van der Waals surface area contributed by atoms with E-state index in [2.05, 4.69) is 16.8 Å². The molecule has 0 aromatic carbocycles. The molecule has 0 amide bonds. The highest BCUT2D eigenvalue weighted by molar-refractivity contribution is 4.83. The molecule has 2 fully saturated rings. The molecule has 0 aromatic rings. The van der Waals surface area contributed by atoms with E-state index >= 15 is 0 Å². The third-order valence-electron chi connectivity index (χ3n) is 3.77. The monoisotopic (exact) mass is 198 g/mol. The molecule has 0 spiro atoms. The summed E-state index contributed by atoms with van der Waals surface area (Å²) in [7, 11) is 2.19. The summed E-state index contributed by atoms with van der Waals surface area (Å²) in [5.74, 6) is 1.24. The maximum atomic E-state index is 9.31. The molecule has 0 aliphatic carbocycles. The van der Waals surface area contributed by atoms with Gasteiger partial charge in [-0.15, -0.1) is 0 Å². The van der Waals surface area contributed by atoms with E-state index in [1.165, 1.54) is 39.0 Å². The molecule has 2 heterocycles. The molecular weight excluding hydrogens is 176 g/mol. The average Bonchev–Trinajstić information content (AvgIpc) is 2.12. The van der Waals surface area contributed by atoms with Gasteiger partial charge in [-0.25, -0.2) is 0 Å². The second kappa shape index (κ2) is 4.60. The second-order valence-corrected chi connectivity index (χ2v) is 4.91. The van der Waals surface area contributed by atoms with Gasteiger partial charge in [-0.3, -0.25) is 0 Å². The van der Waals surface area contributed by atoms with Crippen LogP contribution in [0.4, 0.5) is 0 Å². The molecule has 14 heavy (non-hydrogen) atoms. The zero-order valence-corrected chi connectivity index (χ0v) is 9.15. The Morgan fingerprint density at radius 3 is 2.57 bits per heavy atom. The number of rotatable bonds is 3. The van der Waals surface area contributed by atoms with Crippen LogP contribution < -0.4 is 0 Å². The summed E-state index contributed by atoms with van der Waals surface area (Å²) in [5, 5.41) is 9.31. The molecular formula is C11H22N2O. The zero-order valence-electron chi connectivity index (χ0n) is 9.15. The van der Waals surface area contributed by atoms with Crippen molar-refractivity contribution in [1.82, 2.24) is 9.80 Å². The first-order valence-electron chi connectivity index (χ1n) is 5.81. The van der Waals surface area contributed by atoms with Crippen molar-refractivity contribution in [3.05, 3.63) is 0 Å². The van der Waals surface area contributed by atoms with E-state index in [9.17, 15) is 5.11 Å². The van der Waals surface area contributed by atoms with Crippen LogP contribution >= 0.6 is 0 Å². The van der Waals surface area contributed by atoms with Crippen LogP contribution in [-0.2, 0) is 0 Å². The molecule has 0 radical (unpaired) electrons. The van der Waals surface area contributed by atoms with Crippen molar-refractivity contribution in [2.75, 3.05) is 46.4 Å². The van der Waals surface area contributed by atoms with Gasteiger partial charge in [0.25, 0.3) is 0 Å². The van der Waals surface area contributed by atoms with Crippen LogP contribution in [0.5, 0.6) is 0 Å². The number of piperidine rings is 1. The lowest BCUT2D eigenvalue weighted by atomic mass is 9.85. The van der Waals surface area contributed by atoms with E-state index in [-0.39, 0.29) is 0 Å². The predicted molar refractivity (Wildman–Crippen MR) is 57.2 cm³/mol. The molecule has 1 N–H and O–H groups in total. The van der Waals surface area contributed by atoms with Gasteiger partial charge in [0, 0.05) is 19.7 Å². The van der Waals surface area contributed by atoms with Gasteiger partial charge < -0.3 is 14.9 Å². The van der Waals surface area contributed by atoms with Crippen LogP contribution in [0.25, 0.3) is 0 Å². The standard InChI is InChI=1S/C11H22N2O/c1-12-6-3-10(9-14)11(7-12)8-13-4-2-5-13/h10-11,14H,2-9H2,1H3. The van der Waals surface area contributed by atoms with Crippen molar-refractivity contribution in [3.8, 4) is 0 Å². The van der Waals surface area contributed by atoms with Crippen molar-refractivity contribution in [1.29, 1.82) is 0 Å². The van der Waals surface area contributed by atoms with Gasteiger partial charge in [-0.05, 0) is 51.4 Å². The normalized spacial score (nSPS) is 35.6. The molecule has 2 aliphatic rings. The number of aliphatic hydroxyl groups is 1. The summed E-state index contributed by atoms with van der Waals surface area (Å²) in [6.45, 7) is 6.46. The fourth-order valence-corrected chi connectivity index (χ4v) is 2.61. The fraction of sp³-hybridized carbons (Fsp3) is 1.00. The molecule has 0 saturated carbocycles. The SMILES string of the molecule is CN1CCC(CO)C(CN2CCC2)C1. The van der Waals surface area contributed by atoms with Crippen LogP contribution in [0.15, 0.2) is 0 Å². The minimum Gasteiger partial charge on any atom is -0.396 e. The van der Waals surface area contributed by atoms with Gasteiger partial charge in [0.05, 0.1) is 0 Å². The Kier molecular flexibility index (Phi) is 3.42. The van der Waals surface area contributed by atoms with Crippen LogP contribution in [-0.4, -0.2) is 61.3 Å². The van der Waals surface area contributed by atoms with E-state index in [1.807, 2.05) is 0 Å². The van der Waals surface area contributed by atoms with Gasteiger partial charge in [0.15, 0.2) is 0 Å². The largest absolute Gasteiger partial charge is 0.396 e. The van der Waals surface area contributed by atoms with Gasteiger partial charge in [0.1, 0.15) is 0 Å². The fourth-order valence-electron chi connectivity index (χ4n) is 2.61. The van der Waals surface area contributed by atoms with E-state index in [1.54, 1.807) is 0 Å². The van der Waals surface area contributed by atoms with Crippen molar-refractivity contribution in [2.45, 2.75) is 12.8 Å². The molecule has 0 aromatic heterocycles. The summed E-state index contributed by atoms with van der Waals surface area (Å²) in [5.41, 5.74) is 0. The van der Waals surface area contributed by atoms with Gasteiger partial charge >= 0.3 is 0 Å². The number of nitrogens with zero attached hydrogens (tertiary/aromatic N) is 2. The average molecular weight is 198 g/mol. The minimum atomic E-state index is 0.381. The number of aliphatic hydroxyl groups excluding tert-OH is 1. The molecule has 2 rings (SSSR count). The minimum absolute atomic E-state index is 0.381. The Bertz CT molecular complexity index is 182. The Balaban J connectivity index is 1.84. The topological polar surface area (TPSA) is 26.7 Å². The van der Waals surface area contributed by atoms with E-state index in [0.717, 1.165) is 6.54 Å². The first-order valence-corrected chi connectivity index (χ1v) is 5.81. The maximum Gasteiger partial charge on any atom is 0.0463 e. The number of likely N-dealkylation sites (tertiary alicyclic amines) is 2. The first-order chi connectivity index (χ1) is 6.79. The third kappa shape index (κ3) is 2.27. The lowest BCUT2D eigenvalue weighted by Crippen LogP contribution is -2.48. The lowest BCUT2D eigenvalue weighted by Gasteiger charge is -2.41. The van der Waals surface area contributed by atoms with Crippen molar-refractivity contribution < 1.29 is 5.11 Å². The van der Waals surface area contributed by atoms with E-state index in [4.69, 9.17) is 0 Å². The summed E-state index contributed by atoms with van der Waals surface area (Å²) in [6, 6.07) is 0. The predicted octanol–water partition coefficient (Wildman–Crippen LogP) is 0.252. The Morgan fingerprint density at radius 1 is 1.21 bits per heavy atom. The smallest absolute Gasteiger partial charge is 0.0463 e.